The molecule has 0 unspecified atom stereocenters. The van der Waals surface area contributed by atoms with Crippen LogP contribution in [0.1, 0.15) is 15.9 Å². The Bertz CT molecular complexity index is 621. The lowest BCUT2D eigenvalue weighted by atomic mass is 10.1. The molecule has 2 aromatic rings. The maximum atomic E-state index is 13.5. The first kappa shape index (κ1) is 12.9. The molecule has 0 heterocycles. The average Bonchev–Trinajstić information content (AvgIpc) is 2.33. The number of aryl methyl sites for hydroxylation is 1. The molecule has 4 nitrogen and oxygen atoms in total. The highest BCUT2D eigenvalue weighted by atomic mass is 19.1. The van der Waals surface area contributed by atoms with Crippen LogP contribution in [0.2, 0.25) is 0 Å². The summed E-state index contributed by atoms with van der Waals surface area (Å²) in [6, 6.07) is 8.73. The molecule has 19 heavy (non-hydrogen) atoms. The van der Waals surface area contributed by atoms with Crippen LogP contribution in [0.15, 0.2) is 36.4 Å². The van der Waals surface area contributed by atoms with Crippen LogP contribution in [0.4, 0.5) is 15.8 Å². The molecular formula is C14H13FN2O2. The number of nitrogen functional groups attached to an aromatic ring is 1. The number of benzene rings is 2. The van der Waals surface area contributed by atoms with Gasteiger partial charge in [0.2, 0.25) is 0 Å². The molecule has 0 radical (unpaired) electrons. The number of para-hydroxylation sites is 1. The fraction of sp³-hybridized carbons (Fsp3) is 0.0714. The molecule has 0 aliphatic rings. The van der Waals surface area contributed by atoms with Crippen LogP contribution in [0.3, 0.4) is 0 Å². The fourth-order valence-corrected chi connectivity index (χ4v) is 1.69. The first-order valence-corrected chi connectivity index (χ1v) is 5.64. The number of hydrogen-bond acceptors (Lipinski definition) is 3. The molecule has 0 spiro atoms. The average molecular weight is 260 g/mol. The van der Waals surface area contributed by atoms with Crippen LogP contribution in [0, 0.1) is 12.7 Å². The highest BCUT2D eigenvalue weighted by molar-refractivity contribution is 6.07. The van der Waals surface area contributed by atoms with Gasteiger partial charge in [-0.15, -0.1) is 0 Å². The summed E-state index contributed by atoms with van der Waals surface area (Å²) < 4.78 is 13.5. The Hall–Kier alpha value is -2.56. The van der Waals surface area contributed by atoms with E-state index in [1.54, 1.807) is 13.0 Å². The molecule has 98 valence electrons. The monoisotopic (exact) mass is 260 g/mol. The second-order valence-electron chi connectivity index (χ2n) is 4.18. The van der Waals surface area contributed by atoms with E-state index < -0.39 is 11.7 Å². The number of hydrogen-bond donors (Lipinski definition) is 3. The minimum absolute atomic E-state index is 0.0632. The molecule has 2 rings (SSSR count). The van der Waals surface area contributed by atoms with Crippen LogP contribution >= 0.6 is 0 Å². The van der Waals surface area contributed by atoms with E-state index in [0.717, 1.165) is 5.56 Å². The Morgan fingerprint density at radius 3 is 2.68 bits per heavy atom. The topological polar surface area (TPSA) is 75.4 Å². The van der Waals surface area contributed by atoms with Crippen molar-refractivity contribution in [1.82, 2.24) is 0 Å². The normalized spacial score (nSPS) is 10.2. The van der Waals surface area contributed by atoms with Crippen LogP contribution < -0.4 is 11.1 Å². The van der Waals surface area contributed by atoms with E-state index in [0.29, 0.717) is 0 Å². The summed E-state index contributed by atoms with van der Waals surface area (Å²) in [5.41, 5.74) is 6.51. The lowest BCUT2D eigenvalue weighted by Crippen LogP contribution is -2.14. The van der Waals surface area contributed by atoms with E-state index in [2.05, 4.69) is 5.32 Å². The van der Waals surface area contributed by atoms with E-state index in [-0.39, 0.29) is 22.7 Å². The number of phenols is 1. The Kier molecular flexibility index (Phi) is 3.37. The predicted molar refractivity (Wildman–Crippen MR) is 71.6 cm³/mol. The van der Waals surface area contributed by atoms with Gasteiger partial charge in [-0.3, -0.25) is 4.79 Å². The number of carbonyl (C=O) groups excluding carboxylic acids is 1. The largest absolute Gasteiger partial charge is 0.507 e. The summed E-state index contributed by atoms with van der Waals surface area (Å²) in [6.07, 6.45) is 0. The molecule has 4 N–H and O–H groups in total. The minimum atomic E-state index is -0.625. The van der Waals surface area contributed by atoms with Gasteiger partial charge < -0.3 is 16.2 Å². The van der Waals surface area contributed by atoms with E-state index in [1.807, 2.05) is 0 Å². The Morgan fingerprint density at radius 1 is 1.32 bits per heavy atom. The number of phenolic OH excluding ortho intramolecular Hbond substituents is 1. The van der Waals surface area contributed by atoms with Gasteiger partial charge in [-0.05, 0) is 36.8 Å². The molecule has 0 bridgehead atoms. The highest BCUT2D eigenvalue weighted by Gasteiger charge is 2.14. The van der Waals surface area contributed by atoms with Crippen LogP contribution in [0.5, 0.6) is 5.75 Å². The van der Waals surface area contributed by atoms with Crippen molar-refractivity contribution in [2.75, 3.05) is 11.1 Å². The molecule has 0 fully saturated rings. The molecule has 5 heteroatoms. The molecule has 2 aromatic carbocycles. The summed E-state index contributed by atoms with van der Waals surface area (Å²) in [4.78, 5) is 12.0. The zero-order valence-corrected chi connectivity index (χ0v) is 10.3. The first-order valence-electron chi connectivity index (χ1n) is 5.64. The van der Waals surface area contributed by atoms with Crippen molar-refractivity contribution in [3.63, 3.8) is 0 Å². The van der Waals surface area contributed by atoms with Crippen molar-refractivity contribution >= 4 is 17.3 Å². The number of aromatic hydroxyl groups is 1. The third kappa shape index (κ3) is 2.65. The lowest BCUT2D eigenvalue weighted by Gasteiger charge is -2.10. The first-order chi connectivity index (χ1) is 8.99. The number of nitrogens with one attached hydrogen (secondary N) is 1. The zero-order valence-electron chi connectivity index (χ0n) is 10.3. The van der Waals surface area contributed by atoms with Gasteiger partial charge in [-0.2, -0.15) is 0 Å². The van der Waals surface area contributed by atoms with Crippen molar-refractivity contribution in [3.05, 3.63) is 53.3 Å². The van der Waals surface area contributed by atoms with E-state index in [4.69, 9.17) is 5.73 Å². The third-order valence-corrected chi connectivity index (χ3v) is 2.68. The minimum Gasteiger partial charge on any atom is -0.507 e. The molecule has 0 aromatic heterocycles. The van der Waals surface area contributed by atoms with Gasteiger partial charge in [-0.1, -0.05) is 12.1 Å². The summed E-state index contributed by atoms with van der Waals surface area (Å²) in [5.74, 6) is -1.40. The van der Waals surface area contributed by atoms with Gasteiger partial charge in [-0.25, -0.2) is 4.39 Å². The van der Waals surface area contributed by atoms with Gasteiger partial charge in [0, 0.05) is 0 Å². The summed E-state index contributed by atoms with van der Waals surface area (Å²) >= 11 is 0. The summed E-state index contributed by atoms with van der Waals surface area (Å²) in [6.45, 7) is 1.79. The maximum absolute atomic E-state index is 13.5. The molecule has 1 amide bonds. The highest BCUT2D eigenvalue weighted by Crippen LogP contribution is 2.24. The molecule has 0 saturated carbocycles. The molecule has 0 atom stereocenters. The fourth-order valence-electron chi connectivity index (χ4n) is 1.69. The third-order valence-electron chi connectivity index (χ3n) is 2.68. The van der Waals surface area contributed by atoms with Crippen molar-refractivity contribution in [3.8, 4) is 5.75 Å². The number of halogens is 1. The second kappa shape index (κ2) is 4.97. The summed E-state index contributed by atoms with van der Waals surface area (Å²) in [5, 5.41) is 12.0. The predicted octanol–water partition coefficient (Wildman–Crippen LogP) is 2.67. The maximum Gasteiger partial charge on any atom is 0.259 e. The van der Waals surface area contributed by atoms with Gasteiger partial charge >= 0.3 is 0 Å². The van der Waals surface area contributed by atoms with Crippen LogP contribution in [0.25, 0.3) is 0 Å². The molecule has 0 aliphatic heterocycles. The molecular weight excluding hydrogens is 247 g/mol. The summed E-state index contributed by atoms with van der Waals surface area (Å²) in [7, 11) is 0. The van der Waals surface area contributed by atoms with Crippen LogP contribution in [-0.4, -0.2) is 11.0 Å². The van der Waals surface area contributed by atoms with Gasteiger partial charge in [0.15, 0.2) is 0 Å². The van der Waals surface area contributed by atoms with E-state index in [1.165, 1.54) is 30.3 Å². The van der Waals surface area contributed by atoms with Crippen molar-refractivity contribution < 1.29 is 14.3 Å². The Balaban J connectivity index is 2.31. The van der Waals surface area contributed by atoms with Gasteiger partial charge in [0.1, 0.15) is 17.3 Å². The quantitative estimate of drug-likeness (QED) is 0.727. The number of carbonyl (C=O) groups is 1. The van der Waals surface area contributed by atoms with Crippen molar-refractivity contribution in [1.29, 1.82) is 0 Å². The molecule has 0 saturated heterocycles. The standard InChI is InChI=1S/C14H13FN2O2/c1-8-5-6-9(12(18)7-8)14(19)17-13-10(15)3-2-4-11(13)16/h2-7,18H,16H2,1H3,(H,17,19). The Morgan fingerprint density at radius 2 is 2.05 bits per heavy atom. The number of amides is 1. The second-order valence-corrected chi connectivity index (χ2v) is 4.18. The number of anilines is 2. The van der Waals surface area contributed by atoms with E-state index >= 15 is 0 Å². The smallest absolute Gasteiger partial charge is 0.259 e. The van der Waals surface area contributed by atoms with Crippen molar-refractivity contribution in [2.45, 2.75) is 6.92 Å². The number of nitrogens with two attached hydrogens (primary N) is 1. The van der Waals surface area contributed by atoms with Crippen LogP contribution in [-0.2, 0) is 0 Å². The van der Waals surface area contributed by atoms with Gasteiger partial charge in [0.25, 0.3) is 5.91 Å². The van der Waals surface area contributed by atoms with Crippen molar-refractivity contribution in [2.24, 2.45) is 0 Å². The number of rotatable bonds is 2. The van der Waals surface area contributed by atoms with Gasteiger partial charge in [0.05, 0.1) is 11.3 Å². The SMILES string of the molecule is Cc1ccc(C(=O)Nc2c(N)cccc2F)c(O)c1. The van der Waals surface area contributed by atoms with E-state index in [9.17, 15) is 14.3 Å². The molecule has 0 aliphatic carbocycles. The Labute approximate surface area is 109 Å². The zero-order chi connectivity index (χ0) is 14.0. The lowest BCUT2D eigenvalue weighted by molar-refractivity contribution is 0.102.